The minimum absolute atomic E-state index is 0.106. The van der Waals surface area contributed by atoms with Gasteiger partial charge in [-0.25, -0.2) is 0 Å². The highest BCUT2D eigenvalue weighted by Gasteiger charge is 2.50. The summed E-state index contributed by atoms with van der Waals surface area (Å²) in [5.74, 6) is -2.05. The van der Waals surface area contributed by atoms with Crippen molar-refractivity contribution in [2.24, 2.45) is 29.6 Å². The summed E-state index contributed by atoms with van der Waals surface area (Å²) in [6.45, 7) is 11.9. The number of Topliss-reactive ketones (excluding diaryl/α,β-unsaturated/α-hetero) is 3. The van der Waals surface area contributed by atoms with Crippen LogP contribution >= 0.6 is 0 Å². The maximum absolute atomic E-state index is 12.9. The van der Waals surface area contributed by atoms with Gasteiger partial charge in [-0.1, -0.05) is 48.0 Å². The van der Waals surface area contributed by atoms with Gasteiger partial charge in [0.15, 0.2) is 11.6 Å². The summed E-state index contributed by atoms with van der Waals surface area (Å²) in [5, 5.41) is 10.4. The van der Waals surface area contributed by atoms with Crippen LogP contribution in [0.25, 0.3) is 0 Å². The average Bonchev–Trinajstić information content (AvgIpc) is 2.79. The van der Waals surface area contributed by atoms with Crippen molar-refractivity contribution in [2.45, 2.75) is 73.6 Å². The lowest BCUT2D eigenvalue weighted by Crippen LogP contribution is -2.27. The molecule has 0 heterocycles. The molecule has 0 saturated heterocycles. The number of rotatable bonds is 9. The molecule has 1 fully saturated rings. The van der Waals surface area contributed by atoms with Crippen molar-refractivity contribution in [1.82, 2.24) is 0 Å². The second kappa shape index (κ2) is 9.30. The number of carbonyl (C=O) groups excluding carboxylic acids is 3. The van der Waals surface area contributed by atoms with Gasteiger partial charge in [0.25, 0.3) is 0 Å². The zero-order chi connectivity index (χ0) is 19.3. The lowest BCUT2D eigenvalue weighted by atomic mass is 9.84. The average molecular weight is 350 g/mol. The molecule has 0 aliphatic heterocycles. The summed E-state index contributed by atoms with van der Waals surface area (Å²) in [6, 6.07) is 0. The first kappa shape index (κ1) is 21.6. The first-order valence-electron chi connectivity index (χ1n) is 9.65. The summed E-state index contributed by atoms with van der Waals surface area (Å²) in [6.07, 6.45) is 2.98. The summed E-state index contributed by atoms with van der Waals surface area (Å²) >= 11 is 0. The number of carbonyl (C=O) groups is 3. The highest BCUT2D eigenvalue weighted by Crippen LogP contribution is 2.38. The molecule has 1 aliphatic rings. The Kier molecular flexibility index (Phi) is 8.04. The van der Waals surface area contributed by atoms with Crippen LogP contribution in [0, 0.1) is 29.6 Å². The van der Waals surface area contributed by atoms with Gasteiger partial charge in [-0.2, -0.15) is 0 Å². The Labute approximate surface area is 152 Å². The summed E-state index contributed by atoms with van der Waals surface area (Å²) in [4.78, 5) is 38.4. The molecule has 0 spiro atoms. The molecule has 4 nitrogen and oxygen atoms in total. The van der Waals surface area contributed by atoms with E-state index in [1.54, 1.807) is 6.92 Å². The maximum atomic E-state index is 12.9. The Morgan fingerprint density at radius 1 is 1.00 bits per heavy atom. The Hall–Kier alpha value is -1.45. The number of aliphatic hydroxyl groups is 1. The van der Waals surface area contributed by atoms with Crippen LogP contribution in [-0.4, -0.2) is 22.5 Å². The van der Waals surface area contributed by atoms with Crippen LogP contribution in [0.5, 0.6) is 0 Å². The minimum atomic E-state index is -0.897. The van der Waals surface area contributed by atoms with Crippen molar-refractivity contribution in [3.05, 3.63) is 11.3 Å². The molecular weight excluding hydrogens is 316 g/mol. The second-order valence-electron chi connectivity index (χ2n) is 8.25. The van der Waals surface area contributed by atoms with E-state index in [-0.39, 0.29) is 28.8 Å². The molecule has 1 N–H and O–H groups in total. The number of hydrogen-bond acceptors (Lipinski definition) is 4. The standard InChI is InChI=1S/C21H34O4/c1-7-14(6)19(23)18-20(24)15(10-8-12(2)3)17(21(18)25)16(22)11-9-13(4)5/h12-15,17,23H,7-11H2,1-6H3/t14?,15-,17?/m0/s1. The summed E-state index contributed by atoms with van der Waals surface area (Å²) in [5.41, 5.74) is -0.106. The van der Waals surface area contributed by atoms with Gasteiger partial charge in [-0.15, -0.1) is 0 Å². The topological polar surface area (TPSA) is 71.4 Å². The molecule has 1 saturated carbocycles. The molecule has 1 rings (SSSR count). The second-order valence-corrected chi connectivity index (χ2v) is 8.25. The van der Waals surface area contributed by atoms with E-state index in [1.165, 1.54) is 0 Å². The predicted octanol–water partition coefficient (Wildman–Crippen LogP) is 4.67. The minimum Gasteiger partial charge on any atom is -0.511 e. The van der Waals surface area contributed by atoms with Gasteiger partial charge in [0.1, 0.15) is 11.5 Å². The van der Waals surface area contributed by atoms with Crippen LogP contribution < -0.4 is 0 Å². The molecule has 1 aliphatic carbocycles. The Morgan fingerprint density at radius 3 is 2.04 bits per heavy atom. The molecule has 0 radical (unpaired) electrons. The number of ketones is 3. The van der Waals surface area contributed by atoms with E-state index < -0.39 is 17.6 Å². The quantitative estimate of drug-likeness (QED) is 0.284. The van der Waals surface area contributed by atoms with E-state index in [4.69, 9.17) is 0 Å². The fourth-order valence-corrected chi connectivity index (χ4v) is 3.26. The molecule has 2 unspecified atom stereocenters. The van der Waals surface area contributed by atoms with Crippen molar-refractivity contribution in [2.75, 3.05) is 0 Å². The van der Waals surface area contributed by atoms with Crippen LogP contribution in [0.2, 0.25) is 0 Å². The number of aliphatic hydroxyl groups excluding tert-OH is 1. The van der Waals surface area contributed by atoms with Crippen molar-refractivity contribution < 1.29 is 19.5 Å². The molecule has 0 aromatic heterocycles. The van der Waals surface area contributed by atoms with E-state index in [0.717, 1.165) is 6.42 Å². The maximum Gasteiger partial charge on any atom is 0.181 e. The normalized spacial score (nSPS) is 24.3. The van der Waals surface area contributed by atoms with Gasteiger partial charge < -0.3 is 5.11 Å². The third kappa shape index (κ3) is 5.26. The first-order valence-corrected chi connectivity index (χ1v) is 9.65. The van der Waals surface area contributed by atoms with Gasteiger partial charge >= 0.3 is 0 Å². The van der Waals surface area contributed by atoms with Crippen LogP contribution in [0.4, 0.5) is 0 Å². The van der Waals surface area contributed by atoms with E-state index in [2.05, 4.69) is 13.8 Å². The van der Waals surface area contributed by atoms with Gasteiger partial charge in [0.2, 0.25) is 0 Å². The smallest absolute Gasteiger partial charge is 0.181 e. The van der Waals surface area contributed by atoms with Crippen molar-refractivity contribution in [3.8, 4) is 0 Å². The highest BCUT2D eigenvalue weighted by atomic mass is 16.3. The largest absolute Gasteiger partial charge is 0.511 e. The van der Waals surface area contributed by atoms with Crippen molar-refractivity contribution in [3.63, 3.8) is 0 Å². The molecular formula is C21H34O4. The molecule has 25 heavy (non-hydrogen) atoms. The van der Waals surface area contributed by atoms with Crippen LogP contribution in [0.3, 0.4) is 0 Å². The van der Waals surface area contributed by atoms with Crippen LogP contribution in [0.15, 0.2) is 11.3 Å². The van der Waals surface area contributed by atoms with E-state index in [1.807, 2.05) is 20.8 Å². The van der Waals surface area contributed by atoms with Crippen LogP contribution in [0.1, 0.15) is 73.6 Å². The van der Waals surface area contributed by atoms with Gasteiger partial charge in [-0.3, -0.25) is 14.4 Å². The molecule has 4 heteroatoms. The van der Waals surface area contributed by atoms with E-state index in [9.17, 15) is 19.5 Å². The molecule has 0 aromatic rings. The molecule has 0 bridgehead atoms. The van der Waals surface area contributed by atoms with Gasteiger partial charge in [0, 0.05) is 18.3 Å². The lowest BCUT2D eigenvalue weighted by molar-refractivity contribution is -0.133. The van der Waals surface area contributed by atoms with Gasteiger partial charge in [0.05, 0.1) is 11.5 Å². The van der Waals surface area contributed by atoms with Gasteiger partial charge in [-0.05, 0) is 31.1 Å². The molecule has 0 amide bonds. The Bertz CT molecular complexity index is 542. The molecule has 142 valence electrons. The Morgan fingerprint density at radius 2 is 1.56 bits per heavy atom. The van der Waals surface area contributed by atoms with Crippen LogP contribution in [-0.2, 0) is 14.4 Å². The zero-order valence-corrected chi connectivity index (χ0v) is 16.6. The number of allylic oxidation sites excluding steroid dienone is 2. The third-order valence-corrected chi connectivity index (χ3v) is 5.22. The molecule has 0 aromatic carbocycles. The summed E-state index contributed by atoms with van der Waals surface area (Å²) < 4.78 is 0. The highest BCUT2D eigenvalue weighted by molar-refractivity contribution is 6.32. The first-order chi connectivity index (χ1) is 11.6. The monoisotopic (exact) mass is 350 g/mol. The number of hydrogen-bond donors (Lipinski definition) is 1. The van der Waals surface area contributed by atoms with E-state index in [0.29, 0.717) is 37.5 Å². The summed E-state index contributed by atoms with van der Waals surface area (Å²) in [7, 11) is 0. The lowest BCUT2D eigenvalue weighted by Gasteiger charge is -2.17. The Balaban J connectivity index is 3.18. The fourth-order valence-electron chi connectivity index (χ4n) is 3.26. The molecule has 3 atom stereocenters. The predicted molar refractivity (Wildman–Crippen MR) is 99.3 cm³/mol. The van der Waals surface area contributed by atoms with Crippen molar-refractivity contribution in [1.29, 1.82) is 0 Å². The zero-order valence-electron chi connectivity index (χ0n) is 16.6. The third-order valence-electron chi connectivity index (χ3n) is 5.22. The van der Waals surface area contributed by atoms with Crippen molar-refractivity contribution >= 4 is 17.3 Å². The SMILES string of the molecule is CCC(C)C(O)=C1C(=O)C(C(=O)CCC(C)C)[C@H](CCC(C)C)C1=O. The van der Waals surface area contributed by atoms with E-state index >= 15 is 0 Å². The fraction of sp³-hybridized carbons (Fsp3) is 0.762.